The van der Waals surface area contributed by atoms with Gasteiger partial charge in [0.25, 0.3) is 0 Å². The highest BCUT2D eigenvalue weighted by molar-refractivity contribution is 5.91. The quantitative estimate of drug-likeness (QED) is 0.548. The molecule has 1 radical (unpaired) electrons. The Kier molecular flexibility index (Phi) is 1.62. The van der Waals surface area contributed by atoms with Crippen molar-refractivity contribution in [1.29, 1.82) is 0 Å². The molecule has 0 aliphatic heterocycles. The Bertz CT molecular complexity index is 640. The number of fused-ring (bicyclic) bond motifs is 2. The van der Waals surface area contributed by atoms with Gasteiger partial charge in [-0.3, -0.25) is 4.79 Å². The Hall–Kier alpha value is -2.09. The van der Waals surface area contributed by atoms with E-state index in [1.807, 2.05) is 36.4 Å². The molecule has 2 aromatic carbocycles. The van der Waals surface area contributed by atoms with Crippen molar-refractivity contribution in [3.63, 3.8) is 0 Å². The van der Waals surface area contributed by atoms with Crippen LogP contribution in [0.5, 0.6) is 0 Å². The third-order valence-corrected chi connectivity index (χ3v) is 2.53. The monoisotopic (exact) mass is 194 g/mol. The first-order chi connectivity index (χ1) is 7.36. The number of benzene rings is 2. The largest absolute Gasteiger partial charge is 0.354 e. The van der Waals surface area contributed by atoms with Crippen LogP contribution in [0.1, 0.15) is 0 Å². The molecule has 0 amide bonds. The summed E-state index contributed by atoms with van der Waals surface area (Å²) in [6.07, 6.45) is 0. The van der Waals surface area contributed by atoms with Crippen LogP contribution < -0.4 is 5.43 Å². The van der Waals surface area contributed by atoms with Crippen LogP contribution >= 0.6 is 0 Å². The molecule has 0 saturated carbocycles. The third kappa shape index (κ3) is 1.15. The SMILES string of the molecule is O=c1c2ccc[c]c2[nH]c2ccccc12. The summed E-state index contributed by atoms with van der Waals surface area (Å²) in [6, 6.07) is 16.0. The lowest BCUT2D eigenvalue weighted by molar-refractivity contribution is 1.48. The van der Waals surface area contributed by atoms with E-state index < -0.39 is 0 Å². The average molecular weight is 194 g/mol. The van der Waals surface area contributed by atoms with E-state index in [0.717, 1.165) is 16.4 Å². The van der Waals surface area contributed by atoms with Gasteiger partial charge in [-0.1, -0.05) is 24.3 Å². The number of H-pyrrole nitrogens is 1. The fourth-order valence-electron chi connectivity index (χ4n) is 1.80. The standard InChI is InChI=1S/C13H8NO/c15-13-9-5-1-3-7-11(9)14-12-8-4-2-6-10(12)13/h1-7H,(H,14,15). The highest BCUT2D eigenvalue weighted by atomic mass is 16.1. The van der Waals surface area contributed by atoms with Gasteiger partial charge in [-0.15, -0.1) is 0 Å². The Morgan fingerprint density at radius 3 is 2.73 bits per heavy atom. The number of para-hydroxylation sites is 2. The summed E-state index contributed by atoms with van der Waals surface area (Å²) in [5.41, 5.74) is 1.69. The molecule has 3 aromatic rings. The Morgan fingerprint density at radius 1 is 1.00 bits per heavy atom. The first-order valence-electron chi connectivity index (χ1n) is 4.78. The van der Waals surface area contributed by atoms with Crippen LogP contribution in [0.15, 0.2) is 47.3 Å². The summed E-state index contributed by atoms with van der Waals surface area (Å²) in [7, 11) is 0. The van der Waals surface area contributed by atoms with Crippen LogP contribution in [0.3, 0.4) is 0 Å². The number of aromatic nitrogens is 1. The molecule has 0 saturated heterocycles. The van der Waals surface area contributed by atoms with Crippen molar-refractivity contribution in [2.45, 2.75) is 0 Å². The molecule has 1 N–H and O–H groups in total. The predicted octanol–water partition coefficient (Wildman–Crippen LogP) is 2.48. The molecule has 1 heterocycles. The van der Waals surface area contributed by atoms with Crippen LogP contribution in [0, 0.1) is 6.07 Å². The molecule has 71 valence electrons. The first-order valence-corrected chi connectivity index (χ1v) is 4.78. The number of hydrogen-bond acceptors (Lipinski definition) is 1. The van der Waals surface area contributed by atoms with E-state index in [9.17, 15) is 4.79 Å². The van der Waals surface area contributed by atoms with Gasteiger partial charge < -0.3 is 4.98 Å². The number of hydrogen-bond donors (Lipinski definition) is 1. The molecule has 0 aliphatic carbocycles. The first kappa shape index (κ1) is 8.24. The van der Waals surface area contributed by atoms with Gasteiger partial charge in [0.2, 0.25) is 0 Å². The van der Waals surface area contributed by atoms with Gasteiger partial charge >= 0.3 is 0 Å². The molecular weight excluding hydrogens is 186 g/mol. The van der Waals surface area contributed by atoms with Crippen LogP contribution in [0.25, 0.3) is 21.8 Å². The van der Waals surface area contributed by atoms with Crippen molar-refractivity contribution in [3.05, 3.63) is 58.8 Å². The molecule has 1 aromatic heterocycles. The summed E-state index contributed by atoms with van der Waals surface area (Å²) >= 11 is 0. The summed E-state index contributed by atoms with van der Waals surface area (Å²) in [6.45, 7) is 0. The van der Waals surface area contributed by atoms with Crippen molar-refractivity contribution < 1.29 is 0 Å². The lowest BCUT2D eigenvalue weighted by Crippen LogP contribution is -2.03. The molecule has 3 rings (SSSR count). The molecular formula is C13H8NO. The van der Waals surface area contributed by atoms with Gasteiger partial charge in [-0.2, -0.15) is 0 Å². The van der Waals surface area contributed by atoms with Crippen LogP contribution in [-0.2, 0) is 0 Å². The molecule has 2 heteroatoms. The molecule has 0 unspecified atom stereocenters. The van der Waals surface area contributed by atoms with Crippen LogP contribution in [0.4, 0.5) is 0 Å². The number of aromatic amines is 1. The minimum atomic E-state index is 0.0659. The maximum absolute atomic E-state index is 12.0. The van der Waals surface area contributed by atoms with Crippen LogP contribution in [0.2, 0.25) is 0 Å². The van der Waals surface area contributed by atoms with Gasteiger partial charge in [0, 0.05) is 22.4 Å². The summed E-state index contributed by atoms with van der Waals surface area (Å²) in [4.78, 5) is 15.2. The minimum absolute atomic E-state index is 0.0659. The smallest absolute Gasteiger partial charge is 0.197 e. The third-order valence-electron chi connectivity index (χ3n) is 2.53. The molecule has 0 atom stereocenters. The summed E-state index contributed by atoms with van der Waals surface area (Å²) in [5.74, 6) is 0. The zero-order valence-electron chi connectivity index (χ0n) is 7.95. The van der Waals surface area contributed by atoms with E-state index in [4.69, 9.17) is 0 Å². The normalized spacial score (nSPS) is 10.9. The van der Waals surface area contributed by atoms with Crippen molar-refractivity contribution in [1.82, 2.24) is 4.98 Å². The van der Waals surface area contributed by atoms with E-state index >= 15 is 0 Å². The predicted molar refractivity (Wildman–Crippen MR) is 60.9 cm³/mol. The van der Waals surface area contributed by atoms with E-state index in [0.29, 0.717) is 5.39 Å². The second-order valence-electron chi connectivity index (χ2n) is 3.46. The van der Waals surface area contributed by atoms with Gasteiger partial charge in [0.15, 0.2) is 5.43 Å². The second kappa shape index (κ2) is 2.95. The minimum Gasteiger partial charge on any atom is -0.354 e. The Morgan fingerprint density at radius 2 is 1.80 bits per heavy atom. The fourth-order valence-corrected chi connectivity index (χ4v) is 1.80. The number of nitrogens with one attached hydrogen (secondary N) is 1. The van der Waals surface area contributed by atoms with Gasteiger partial charge in [-0.25, -0.2) is 0 Å². The second-order valence-corrected chi connectivity index (χ2v) is 3.46. The highest BCUT2D eigenvalue weighted by Crippen LogP contribution is 2.12. The highest BCUT2D eigenvalue weighted by Gasteiger charge is 2.02. The van der Waals surface area contributed by atoms with E-state index in [-0.39, 0.29) is 5.43 Å². The zero-order chi connectivity index (χ0) is 10.3. The van der Waals surface area contributed by atoms with E-state index in [1.54, 1.807) is 6.07 Å². The zero-order valence-corrected chi connectivity index (χ0v) is 7.95. The Labute approximate surface area is 86.2 Å². The Balaban J connectivity index is 2.66. The van der Waals surface area contributed by atoms with E-state index in [2.05, 4.69) is 11.1 Å². The number of rotatable bonds is 0. The average Bonchev–Trinajstić information content (AvgIpc) is 2.30. The summed E-state index contributed by atoms with van der Waals surface area (Å²) in [5, 5.41) is 1.42. The molecule has 0 spiro atoms. The van der Waals surface area contributed by atoms with Crippen molar-refractivity contribution in [2.24, 2.45) is 0 Å². The van der Waals surface area contributed by atoms with Crippen molar-refractivity contribution >= 4 is 21.8 Å². The van der Waals surface area contributed by atoms with Crippen molar-refractivity contribution in [2.75, 3.05) is 0 Å². The number of pyridine rings is 1. The van der Waals surface area contributed by atoms with Gasteiger partial charge in [0.05, 0.1) is 5.52 Å². The molecule has 0 aliphatic rings. The maximum Gasteiger partial charge on any atom is 0.197 e. The topological polar surface area (TPSA) is 32.9 Å². The van der Waals surface area contributed by atoms with Crippen LogP contribution in [-0.4, -0.2) is 4.98 Å². The molecule has 15 heavy (non-hydrogen) atoms. The molecule has 0 fully saturated rings. The molecule has 0 bridgehead atoms. The van der Waals surface area contributed by atoms with Crippen molar-refractivity contribution in [3.8, 4) is 0 Å². The molecule has 2 nitrogen and oxygen atoms in total. The maximum atomic E-state index is 12.0. The summed E-state index contributed by atoms with van der Waals surface area (Å²) < 4.78 is 0. The fraction of sp³-hybridized carbons (Fsp3) is 0. The van der Waals surface area contributed by atoms with Gasteiger partial charge in [-0.05, 0) is 18.2 Å². The van der Waals surface area contributed by atoms with Gasteiger partial charge in [0.1, 0.15) is 0 Å². The van der Waals surface area contributed by atoms with E-state index in [1.165, 1.54) is 0 Å². The lowest BCUT2D eigenvalue weighted by Gasteiger charge is -2.00. The lowest BCUT2D eigenvalue weighted by atomic mass is 10.1.